The number of Topliss-reactive ketones (excluding diaryl/α,β-unsaturated/α-hetero) is 1. The molecule has 0 aliphatic heterocycles. The third-order valence-corrected chi connectivity index (χ3v) is 4.91. The molecule has 2 rings (SSSR count). The van der Waals surface area contributed by atoms with Crippen LogP contribution in [0.2, 0.25) is 0 Å². The molecule has 1 aliphatic rings. The van der Waals surface area contributed by atoms with E-state index < -0.39 is 9.84 Å². The molecule has 17 heavy (non-hydrogen) atoms. The summed E-state index contributed by atoms with van der Waals surface area (Å²) in [6.45, 7) is 1.62. The molecule has 0 spiro atoms. The average Bonchev–Trinajstić information content (AvgIpc) is 3.13. The highest BCUT2D eigenvalue weighted by atomic mass is 32.2. The SMILES string of the molecule is CCS(=O)(=O)c1ccccc1CC(=O)C1CC1. The lowest BCUT2D eigenvalue weighted by Crippen LogP contribution is -2.11. The van der Waals surface area contributed by atoms with Crippen molar-refractivity contribution in [3.8, 4) is 0 Å². The summed E-state index contributed by atoms with van der Waals surface area (Å²) in [5, 5.41) is 0. The fraction of sp³-hybridized carbons (Fsp3) is 0.462. The summed E-state index contributed by atoms with van der Waals surface area (Å²) in [7, 11) is -3.23. The first kappa shape index (κ1) is 12.3. The van der Waals surface area contributed by atoms with E-state index in [0.29, 0.717) is 10.5 Å². The van der Waals surface area contributed by atoms with Gasteiger partial charge in [0.2, 0.25) is 0 Å². The van der Waals surface area contributed by atoms with E-state index in [0.717, 1.165) is 12.8 Å². The number of carbonyl (C=O) groups is 1. The van der Waals surface area contributed by atoms with Crippen LogP contribution >= 0.6 is 0 Å². The van der Waals surface area contributed by atoms with Gasteiger partial charge in [-0.15, -0.1) is 0 Å². The Balaban J connectivity index is 2.30. The van der Waals surface area contributed by atoms with E-state index in [2.05, 4.69) is 0 Å². The fourth-order valence-corrected chi connectivity index (χ4v) is 2.98. The molecule has 1 aliphatic carbocycles. The lowest BCUT2D eigenvalue weighted by molar-refractivity contribution is -0.119. The summed E-state index contributed by atoms with van der Waals surface area (Å²) in [5.41, 5.74) is 0.645. The monoisotopic (exact) mass is 252 g/mol. The summed E-state index contributed by atoms with van der Waals surface area (Å²) in [6.07, 6.45) is 2.17. The Bertz CT molecular complexity index is 527. The molecule has 1 fully saturated rings. The van der Waals surface area contributed by atoms with Gasteiger partial charge < -0.3 is 0 Å². The second-order valence-corrected chi connectivity index (χ2v) is 6.68. The third kappa shape index (κ3) is 2.75. The van der Waals surface area contributed by atoms with Crippen molar-refractivity contribution in [2.45, 2.75) is 31.1 Å². The van der Waals surface area contributed by atoms with Crippen molar-refractivity contribution in [1.29, 1.82) is 0 Å². The van der Waals surface area contributed by atoms with E-state index in [-0.39, 0.29) is 23.9 Å². The predicted molar refractivity (Wildman–Crippen MR) is 65.6 cm³/mol. The van der Waals surface area contributed by atoms with Crippen LogP contribution in [0.4, 0.5) is 0 Å². The second kappa shape index (κ2) is 4.61. The number of carbonyl (C=O) groups excluding carboxylic acids is 1. The van der Waals surface area contributed by atoms with Crippen molar-refractivity contribution >= 4 is 15.6 Å². The molecule has 0 N–H and O–H groups in total. The molecular weight excluding hydrogens is 236 g/mol. The van der Waals surface area contributed by atoms with Gasteiger partial charge in [-0.1, -0.05) is 25.1 Å². The number of hydrogen-bond donors (Lipinski definition) is 0. The van der Waals surface area contributed by atoms with Crippen molar-refractivity contribution in [1.82, 2.24) is 0 Å². The van der Waals surface area contributed by atoms with E-state index in [9.17, 15) is 13.2 Å². The highest BCUT2D eigenvalue weighted by molar-refractivity contribution is 7.91. The molecule has 1 aromatic rings. The number of rotatable bonds is 5. The minimum atomic E-state index is -3.23. The van der Waals surface area contributed by atoms with Crippen LogP contribution in [0.5, 0.6) is 0 Å². The average molecular weight is 252 g/mol. The van der Waals surface area contributed by atoms with Gasteiger partial charge in [-0.25, -0.2) is 8.42 Å². The van der Waals surface area contributed by atoms with Crippen LogP contribution in [0.1, 0.15) is 25.3 Å². The Labute approximate surface area is 102 Å². The summed E-state index contributed by atoms with van der Waals surface area (Å²) >= 11 is 0. The standard InChI is InChI=1S/C13H16O3S/c1-2-17(15,16)13-6-4-3-5-11(13)9-12(14)10-7-8-10/h3-6,10H,2,7-9H2,1H3. The van der Waals surface area contributed by atoms with Gasteiger partial charge in [0, 0.05) is 12.3 Å². The van der Waals surface area contributed by atoms with E-state index in [1.807, 2.05) is 0 Å². The highest BCUT2D eigenvalue weighted by Crippen LogP contribution is 2.31. The van der Waals surface area contributed by atoms with E-state index in [1.165, 1.54) is 0 Å². The third-order valence-electron chi connectivity index (χ3n) is 3.09. The Morgan fingerprint density at radius 3 is 2.53 bits per heavy atom. The topological polar surface area (TPSA) is 51.2 Å². The van der Waals surface area contributed by atoms with Crippen LogP contribution < -0.4 is 0 Å². The largest absolute Gasteiger partial charge is 0.299 e. The molecule has 0 aromatic heterocycles. The zero-order valence-corrected chi connectivity index (χ0v) is 10.7. The van der Waals surface area contributed by atoms with Crippen molar-refractivity contribution in [3.05, 3.63) is 29.8 Å². The first-order chi connectivity index (χ1) is 8.04. The Morgan fingerprint density at radius 1 is 1.29 bits per heavy atom. The molecule has 3 nitrogen and oxygen atoms in total. The number of sulfone groups is 1. The number of hydrogen-bond acceptors (Lipinski definition) is 3. The van der Waals surface area contributed by atoms with Crippen molar-refractivity contribution < 1.29 is 13.2 Å². The molecule has 1 aromatic carbocycles. The Morgan fingerprint density at radius 2 is 1.94 bits per heavy atom. The molecule has 0 atom stereocenters. The van der Waals surface area contributed by atoms with Gasteiger partial charge in [0.15, 0.2) is 9.84 Å². The molecule has 0 unspecified atom stereocenters. The molecule has 0 radical (unpaired) electrons. The first-order valence-electron chi connectivity index (χ1n) is 5.88. The van der Waals surface area contributed by atoms with Gasteiger partial charge in [0.25, 0.3) is 0 Å². The summed E-state index contributed by atoms with van der Waals surface area (Å²) in [4.78, 5) is 12.1. The maximum absolute atomic E-state index is 11.9. The molecule has 0 heterocycles. The maximum atomic E-state index is 11.9. The smallest absolute Gasteiger partial charge is 0.178 e. The van der Waals surface area contributed by atoms with Gasteiger partial charge in [-0.05, 0) is 24.5 Å². The number of benzene rings is 1. The van der Waals surface area contributed by atoms with Crippen LogP contribution in [0, 0.1) is 5.92 Å². The van der Waals surface area contributed by atoms with Crippen molar-refractivity contribution in [2.24, 2.45) is 5.92 Å². The zero-order valence-electron chi connectivity index (χ0n) is 9.85. The Kier molecular flexibility index (Phi) is 3.33. The lowest BCUT2D eigenvalue weighted by Gasteiger charge is -2.08. The lowest BCUT2D eigenvalue weighted by atomic mass is 10.1. The van der Waals surface area contributed by atoms with E-state index in [4.69, 9.17) is 0 Å². The Hall–Kier alpha value is -1.16. The molecule has 0 bridgehead atoms. The number of ketones is 1. The molecule has 0 saturated heterocycles. The van der Waals surface area contributed by atoms with Crippen LogP contribution in [-0.2, 0) is 21.1 Å². The highest BCUT2D eigenvalue weighted by Gasteiger charge is 2.30. The minimum absolute atomic E-state index is 0.0711. The fourth-order valence-electron chi connectivity index (χ4n) is 1.85. The van der Waals surface area contributed by atoms with Crippen LogP contribution in [0.3, 0.4) is 0 Å². The van der Waals surface area contributed by atoms with Gasteiger partial charge in [-0.2, -0.15) is 0 Å². The quantitative estimate of drug-likeness (QED) is 0.805. The van der Waals surface area contributed by atoms with E-state index in [1.54, 1.807) is 31.2 Å². The zero-order chi connectivity index (χ0) is 12.5. The van der Waals surface area contributed by atoms with Crippen LogP contribution in [-0.4, -0.2) is 20.0 Å². The van der Waals surface area contributed by atoms with Crippen LogP contribution in [0.25, 0.3) is 0 Å². The second-order valence-electron chi connectivity index (χ2n) is 4.43. The molecule has 92 valence electrons. The van der Waals surface area contributed by atoms with Gasteiger partial charge in [-0.3, -0.25) is 4.79 Å². The summed E-state index contributed by atoms with van der Waals surface area (Å²) in [5.74, 6) is 0.415. The van der Waals surface area contributed by atoms with E-state index >= 15 is 0 Å². The van der Waals surface area contributed by atoms with Crippen LogP contribution in [0.15, 0.2) is 29.2 Å². The minimum Gasteiger partial charge on any atom is -0.299 e. The summed E-state index contributed by atoms with van der Waals surface area (Å²) in [6, 6.07) is 6.81. The first-order valence-corrected chi connectivity index (χ1v) is 7.53. The normalized spacial score (nSPS) is 15.8. The predicted octanol–water partition coefficient (Wildman–Crippen LogP) is 2.00. The molecular formula is C13H16O3S. The van der Waals surface area contributed by atoms with Crippen molar-refractivity contribution in [2.75, 3.05) is 5.75 Å². The maximum Gasteiger partial charge on any atom is 0.178 e. The molecule has 1 saturated carbocycles. The molecule has 4 heteroatoms. The van der Waals surface area contributed by atoms with Gasteiger partial charge in [0.05, 0.1) is 10.6 Å². The summed E-state index contributed by atoms with van der Waals surface area (Å²) < 4.78 is 23.8. The van der Waals surface area contributed by atoms with Gasteiger partial charge >= 0.3 is 0 Å². The molecule has 0 amide bonds. The van der Waals surface area contributed by atoms with Gasteiger partial charge in [0.1, 0.15) is 5.78 Å². The van der Waals surface area contributed by atoms with Crippen molar-refractivity contribution in [3.63, 3.8) is 0 Å².